The van der Waals surface area contributed by atoms with E-state index in [4.69, 9.17) is 5.11 Å². The third-order valence-electron chi connectivity index (χ3n) is 1.58. The molecular weight excluding hydrogens is 194 g/mol. The van der Waals surface area contributed by atoms with Gasteiger partial charge in [0.15, 0.2) is 0 Å². The van der Waals surface area contributed by atoms with E-state index in [1.54, 1.807) is 0 Å². The predicted octanol–water partition coefficient (Wildman–Crippen LogP) is -1.15. The van der Waals surface area contributed by atoms with Crippen molar-refractivity contribution in [2.24, 2.45) is 0 Å². The first-order valence-electron chi connectivity index (χ1n) is 3.67. The van der Waals surface area contributed by atoms with Crippen LogP contribution in [-0.2, 0) is 19.0 Å². The molecule has 0 aliphatic heterocycles. The minimum Gasteiger partial charge on any atom is -0.465 e. The van der Waals surface area contributed by atoms with Crippen molar-refractivity contribution in [3.05, 3.63) is 0 Å². The van der Waals surface area contributed by atoms with Gasteiger partial charge in [0.05, 0.1) is 14.2 Å². The van der Waals surface area contributed by atoms with Gasteiger partial charge >= 0.3 is 12.1 Å². The van der Waals surface area contributed by atoms with Crippen LogP contribution in [0.15, 0.2) is 0 Å². The fraction of sp³-hybridized carbons (Fsp3) is 0.714. The number of hydrogen-bond donors (Lipinski definition) is 2. The number of carbonyl (C=O) groups excluding carboxylic acids is 2. The first-order valence-corrected chi connectivity index (χ1v) is 3.67. The lowest BCUT2D eigenvalue weighted by molar-refractivity contribution is -0.175. The van der Waals surface area contributed by atoms with Crippen molar-refractivity contribution >= 4 is 12.1 Å². The standard InChI is InChI=1S/C7H13NO6/c1-12-5(10)7(4-9,14-3)8-6(11)13-2/h9H,4H2,1-3H3,(H,8,11). The van der Waals surface area contributed by atoms with Gasteiger partial charge in [0, 0.05) is 7.11 Å². The van der Waals surface area contributed by atoms with Crippen molar-refractivity contribution in [2.45, 2.75) is 5.72 Å². The van der Waals surface area contributed by atoms with E-state index in [9.17, 15) is 9.59 Å². The average molecular weight is 207 g/mol. The molecule has 14 heavy (non-hydrogen) atoms. The monoisotopic (exact) mass is 207 g/mol. The molecule has 1 atom stereocenters. The van der Waals surface area contributed by atoms with Crippen LogP contribution in [0.25, 0.3) is 0 Å². The van der Waals surface area contributed by atoms with E-state index in [0.29, 0.717) is 0 Å². The summed E-state index contributed by atoms with van der Waals surface area (Å²) in [7, 11) is 3.36. The van der Waals surface area contributed by atoms with E-state index in [2.05, 4.69) is 14.2 Å². The Labute approximate surface area is 80.9 Å². The van der Waals surface area contributed by atoms with Crippen LogP contribution in [-0.4, -0.2) is 50.8 Å². The number of alkyl carbamates (subject to hydrolysis) is 1. The van der Waals surface area contributed by atoms with Gasteiger partial charge in [0.25, 0.3) is 5.72 Å². The topological polar surface area (TPSA) is 94.1 Å². The third kappa shape index (κ3) is 2.57. The van der Waals surface area contributed by atoms with Gasteiger partial charge in [-0.1, -0.05) is 0 Å². The second-order valence-corrected chi connectivity index (χ2v) is 2.30. The molecule has 0 aromatic heterocycles. The molecule has 0 aromatic carbocycles. The van der Waals surface area contributed by atoms with E-state index in [1.807, 2.05) is 5.32 Å². The van der Waals surface area contributed by atoms with E-state index >= 15 is 0 Å². The zero-order chi connectivity index (χ0) is 11.2. The van der Waals surface area contributed by atoms with Crippen LogP contribution >= 0.6 is 0 Å². The summed E-state index contributed by atoms with van der Waals surface area (Å²) < 4.78 is 13.3. The molecule has 7 heteroatoms. The Morgan fingerprint density at radius 2 is 1.86 bits per heavy atom. The summed E-state index contributed by atoms with van der Waals surface area (Å²) in [5, 5.41) is 10.9. The van der Waals surface area contributed by atoms with Gasteiger partial charge in [-0.05, 0) is 0 Å². The van der Waals surface area contributed by atoms with Gasteiger partial charge in [-0.3, -0.25) is 5.32 Å². The molecule has 1 unspecified atom stereocenters. The molecular formula is C7H13NO6. The zero-order valence-electron chi connectivity index (χ0n) is 8.20. The Morgan fingerprint density at radius 1 is 1.29 bits per heavy atom. The Morgan fingerprint density at radius 3 is 2.14 bits per heavy atom. The minimum atomic E-state index is -1.91. The van der Waals surface area contributed by atoms with E-state index in [-0.39, 0.29) is 0 Å². The molecule has 7 nitrogen and oxygen atoms in total. The van der Waals surface area contributed by atoms with Crippen LogP contribution in [0.5, 0.6) is 0 Å². The maximum atomic E-state index is 11.2. The summed E-state index contributed by atoms with van der Waals surface area (Å²) in [6, 6.07) is 0. The molecule has 0 aliphatic rings. The van der Waals surface area contributed by atoms with Crippen LogP contribution in [0.3, 0.4) is 0 Å². The molecule has 0 bridgehead atoms. The second kappa shape index (κ2) is 5.40. The molecule has 0 aromatic rings. The molecule has 0 heterocycles. The van der Waals surface area contributed by atoms with Crippen LogP contribution < -0.4 is 5.32 Å². The minimum absolute atomic E-state index is 0.759. The van der Waals surface area contributed by atoms with Gasteiger partial charge in [0.2, 0.25) is 0 Å². The van der Waals surface area contributed by atoms with Gasteiger partial charge < -0.3 is 19.3 Å². The van der Waals surface area contributed by atoms with Crippen LogP contribution in [0.2, 0.25) is 0 Å². The molecule has 0 aliphatic carbocycles. The van der Waals surface area contributed by atoms with Gasteiger partial charge in [-0.15, -0.1) is 0 Å². The highest BCUT2D eigenvalue weighted by Gasteiger charge is 2.41. The first-order chi connectivity index (χ1) is 6.56. The summed E-state index contributed by atoms with van der Waals surface area (Å²) in [5.74, 6) is -0.923. The third-order valence-corrected chi connectivity index (χ3v) is 1.58. The van der Waals surface area contributed by atoms with Gasteiger partial charge in [-0.2, -0.15) is 0 Å². The number of carbonyl (C=O) groups is 2. The first kappa shape index (κ1) is 12.7. The van der Waals surface area contributed by atoms with E-state index in [1.165, 1.54) is 0 Å². The van der Waals surface area contributed by atoms with Gasteiger partial charge in [-0.25, -0.2) is 9.59 Å². The molecule has 0 saturated carbocycles. The van der Waals surface area contributed by atoms with Crippen molar-refractivity contribution in [3.63, 3.8) is 0 Å². The Hall–Kier alpha value is -1.34. The van der Waals surface area contributed by atoms with Crippen molar-refractivity contribution in [1.82, 2.24) is 5.32 Å². The van der Waals surface area contributed by atoms with Crippen molar-refractivity contribution in [3.8, 4) is 0 Å². The fourth-order valence-corrected chi connectivity index (χ4v) is 0.735. The number of ether oxygens (including phenoxy) is 3. The van der Waals surface area contributed by atoms with Crippen molar-refractivity contribution < 1.29 is 28.9 Å². The summed E-state index contributed by atoms with van der Waals surface area (Å²) in [4.78, 5) is 22.0. The van der Waals surface area contributed by atoms with E-state index in [0.717, 1.165) is 21.3 Å². The molecule has 82 valence electrons. The maximum absolute atomic E-state index is 11.2. The molecule has 2 N–H and O–H groups in total. The number of methoxy groups -OCH3 is 3. The lowest BCUT2D eigenvalue weighted by atomic mass is 10.2. The predicted molar refractivity (Wildman–Crippen MR) is 44.4 cm³/mol. The largest absolute Gasteiger partial charge is 0.465 e. The zero-order valence-corrected chi connectivity index (χ0v) is 8.20. The normalized spacial score (nSPS) is 14.0. The lowest BCUT2D eigenvalue weighted by Crippen LogP contribution is -2.59. The molecule has 0 fully saturated rings. The summed E-state index contributed by atoms with van der Waals surface area (Å²) in [5.41, 5.74) is -1.91. The van der Waals surface area contributed by atoms with Crippen LogP contribution in [0.1, 0.15) is 0 Å². The number of nitrogens with one attached hydrogen (secondary N) is 1. The quantitative estimate of drug-likeness (QED) is 0.446. The van der Waals surface area contributed by atoms with Gasteiger partial charge in [0.1, 0.15) is 6.61 Å². The van der Waals surface area contributed by atoms with Crippen molar-refractivity contribution in [2.75, 3.05) is 27.9 Å². The second-order valence-electron chi connectivity index (χ2n) is 2.30. The molecule has 0 spiro atoms. The Kier molecular flexibility index (Phi) is 4.89. The summed E-state index contributed by atoms with van der Waals surface area (Å²) in [6.45, 7) is -0.759. The van der Waals surface area contributed by atoms with Crippen LogP contribution in [0.4, 0.5) is 4.79 Å². The number of aliphatic hydroxyl groups is 1. The van der Waals surface area contributed by atoms with Crippen molar-refractivity contribution in [1.29, 1.82) is 0 Å². The number of esters is 1. The number of aliphatic hydroxyl groups excluding tert-OH is 1. The molecule has 0 rings (SSSR count). The summed E-state index contributed by atoms with van der Waals surface area (Å²) in [6.07, 6.45) is -0.911. The molecule has 0 radical (unpaired) electrons. The Balaban J connectivity index is 4.69. The van der Waals surface area contributed by atoms with Crippen LogP contribution in [0, 0.1) is 0 Å². The average Bonchev–Trinajstić information content (AvgIpc) is 2.24. The number of rotatable bonds is 4. The highest BCUT2D eigenvalue weighted by molar-refractivity contribution is 5.84. The Bertz CT molecular complexity index is 212. The highest BCUT2D eigenvalue weighted by Crippen LogP contribution is 2.07. The number of amides is 1. The fourth-order valence-electron chi connectivity index (χ4n) is 0.735. The molecule has 1 amide bonds. The smallest absolute Gasteiger partial charge is 0.409 e. The maximum Gasteiger partial charge on any atom is 0.409 e. The lowest BCUT2D eigenvalue weighted by Gasteiger charge is -2.27. The SMILES string of the molecule is COC(=O)NC(CO)(OC)C(=O)OC. The highest BCUT2D eigenvalue weighted by atomic mass is 16.6. The molecule has 0 saturated heterocycles. The number of hydrogen-bond acceptors (Lipinski definition) is 6. The van der Waals surface area contributed by atoms with E-state index < -0.39 is 24.4 Å². The summed E-state index contributed by atoms with van der Waals surface area (Å²) >= 11 is 0.